The first-order chi connectivity index (χ1) is 13.0. The zero-order valence-corrected chi connectivity index (χ0v) is 15.9. The number of amides is 1. The molecule has 2 fully saturated rings. The molecule has 1 saturated heterocycles. The average Bonchev–Trinajstić information content (AvgIpc) is 3.41. The van der Waals surface area contributed by atoms with Crippen LogP contribution in [0.3, 0.4) is 0 Å². The summed E-state index contributed by atoms with van der Waals surface area (Å²) in [4.78, 5) is 26.0. The van der Waals surface area contributed by atoms with Crippen LogP contribution in [0, 0.1) is 12.8 Å². The van der Waals surface area contributed by atoms with Crippen molar-refractivity contribution in [2.45, 2.75) is 38.5 Å². The Bertz CT molecular complexity index is 896. The molecule has 1 aromatic heterocycles. The molecule has 0 spiro atoms. The van der Waals surface area contributed by atoms with Gasteiger partial charge in [0.25, 0.3) is 5.91 Å². The smallest absolute Gasteiger partial charge is 0.306 e. The molecule has 0 unspecified atom stereocenters. The van der Waals surface area contributed by atoms with E-state index in [0.717, 1.165) is 29.8 Å². The van der Waals surface area contributed by atoms with Crippen LogP contribution in [-0.4, -0.2) is 44.8 Å². The van der Waals surface area contributed by atoms with Gasteiger partial charge in [-0.3, -0.25) is 9.59 Å². The van der Waals surface area contributed by atoms with Crippen LogP contribution in [0.5, 0.6) is 0 Å². The zero-order chi connectivity index (χ0) is 19.1. The molecule has 0 atom stereocenters. The Morgan fingerprint density at radius 1 is 1.19 bits per heavy atom. The van der Waals surface area contributed by atoms with Gasteiger partial charge >= 0.3 is 5.97 Å². The summed E-state index contributed by atoms with van der Waals surface area (Å²) in [5.74, 6) is -0.840. The van der Waals surface area contributed by atoms with Crippen molar-refractivity contribution in [3.8, 4) is 5.69 Å². The highest BCUT2D eigenvalue weighted by Gasteiger charge is 2.35. The Morgan fingerprint density at radius 2 is 1.89 bits per heavy atom. The summed E-state index contributed by atoms with van der Waals surface area (Å²) in [5.41, 5.74) is 3.43. The number of carbonyl (C=O) groups is 2. The van der Waals surface area contributed by atoms with Gasteiger partial charge in [-0.05, 0) is 50.3 Å². The van der Waals surface area contributed by atoms with E-state index in [4.69, 9.17) is 16.7 Å². The van der Waals surface area contributed by atoms with E-state index in [-0.39, 0.29) is 11.8 Å². The van der Waals surface area contributed by atoms with Gasteiger partial charge in [-0.15, -0.1) is 0 Å². The van der Waals surface area contributed by atoms with E-state index in [0.29, 0.717) is 42.4 Å². The standard InChI is InChI=1S/C20H22ClN3O3/c1-12-2-5-15(10-17(12)21)24-18(13-3-4-13)16(11-22-24)19(25)23-8-6-14(7-9-23)20(26)27/h2,5,10-11,13-14H,3-4,6-9H2,1H3,(H,26,27). The van der Waals surface area contributed by atoms with Crippen molar-refractivity contribution in [3.05, 3.63) is 46.2 Å². The van der Waals surface area contributed by atoms with Gasteiger partial charge in [0.05, 0.1) is 29.1 Å². The van der Waals surface area contributed by atoms with Crippen molar-refractivity contribution < 1.29 is 14.7 Å². The molecule has 0 radical (unpaired) electrons. The fourth-order valence-corrected chi connectivity index (χ4v) is 3.87. The van der Waals surface area contributed by atoms with E-state index in [1.165, 1.54) is 0 Å². The largest absolute Gasteiger partial charge is 0.481 e. The SMILES string of the molecule is Cc1ccc(-n2ncc(C(=O)N3CCC(C(=O)O)CC3)c2C2CC2)cc1Cl. The van der Waals surface area contributed by atoms with Crippen molar-refractivity contribution in [2.24, 2.45) is 5.92 Å². The Balaban J connectivity index is 1.62. The predicted octanol–water partition coefficient (Wildman–Crippen LogP) is 3.65. The van der Waals surface area contributed by atoms with Crippen LogP contribution in [0.2, 0.25) is 5.02 Å². The molecule has 6 nitrogen and oxygen atoms in total. The van der Waals surface area contributed by atoms with Gasteiger partial charge in [-0.1, -0.05) is 17.7 Å². The lowest BCUT2D eigenvalue weighted by molar-refractivity contribution is -0.143. The zero-order valence-electron chi connectivity index (χ0n) is 15.2. The number of rotatable bonds is 4. The van der Waals surface area contributed by atoms with Crippen LogP contribution in [0.4, 0.5) is 0 Å². The number of likely N-dealkylation sites (tertiary alicyclic amines) is 1. The number of aromatic nitrogens is 2. The van der Waals surface area contributed by atoms with E-state index < -0.39 is 5.97 Å². The van der Waals surface area contributed by atoms with Gasteiger partial charge in [0, 0.05) is 24.0 Å². The molecule has 1 N–H and O–H groups in total. The maximum atomic E-state index is 13.1. The van der Waals surface area contributed by atoms with Crippen molar-refractivity contribution in [3.63, 3.8) is 0 Å². The molecule has 2 aromatic rings. The van der Waals surface area contributed by atoms with Gasteiger partial charge in [0.1, 0.15) is 0 Å². The summed E-state index contributed by atoms with van der Waals surface area (Å²) in [6, 6.07) is 5.79. The van der Waals surface area contributed by atoms with E-state index in [1.807, 2.05) is 29.8 Å². The second kappa shape index (κ2) is 7.00. The molecular weight excluding hydrogens is 366 g/mol. The quantitative estimate of drug-likeness (QED) is 0.868. The van der Waals surface area contributed by atoms with E-state index in [2.05, 4.69) is 5.10 Å². The van der Waals surface area contributed by atoms with Crippen LogP contribution < -0.4 is 0 Å². The number of carbonyl (C=O) groups excluding carboxylic acids is 1. The summed E-state index contributed by atoms with van der Waals surface area (Å²) in [5, 5.41) is 14.3. The van der Waals surface area contributed by atoms with E-state index in [1.54, 1.807) is 11.1 Å². The lowest BCUT2D eigenvalue weighted by Crippen LogP contribution is -2.40. The predicted molar refractivity (Wildman–Crippen MR) is 102 cm³/mol. The molecule has 27 heavy (non-hydrogen) atoms. The minimum absolute atomic E-state index is 0.0507. The van der Waals surface area contributed by atoms with E-state index >= 15 is 0 Å². The highest BCUT2D eigenvalue weighted by Crippen LogP contribution is 2.43. The Morgan fingerprint density at radius 3 is 2.48 bits per heavy atom. The number of benzene rings is 1. The maximum absolute atomic E-state index is 13.1. The maximum Gasteiger partial charge on any atom is 0.306 e. The Kier molecular flexibility index (Phi) is 4.68. The van der Waals surface area contributed by atoms with Crippen LogP contribution in [0.1, 0.15) is 53.2 Å². The van der Waals surface area contributed by atoms with Crippen molar-refractivity contribution in [2.75, 3.05) is 13.1 Å². The Hall–Kier alpha value is -2.34. The minimum Gasteiger partial charge on any atom is -0.481 e. The molecule has 142 valence electrons. The molecular formula is C20H22ClN3O3. The number of aliphatic carboxylic acids is 1. The number of hydrogen-bond donors (Lipinski definition) is 1. The number of piperidine rings is 1. The van der Waals surface area contributed by atoms with Crippen LogP contribution in [-0.2, 0) is 4.79 Å². The number of carboxylic acid groups (broad SMARTS) is 1. The summed E-state index contributed by atoms with van der Waals surface area (Å²) >= 11 is 6.28. The number of carboxylic acids is 1. The lowest BCUT2D eigenvalue weighted by Gasteiger charge is -2.30. The molecule has 2 heterocycles. The topological polar surface area (TPSA) is 75.4 Å². The third kappa shape index (κ3) is 3.46. The van der Waals surface area contributed by atoms with Crippen molar-refractivity contribution in [1.82, 2.24) is 14.7 Å². The molecule has 1 aliphatic carbocycles. The summed E-state index contributed by atoms with van der Waals surface area (Å²) in [6.45, 7) is 2.90. The highest BCUT2D eigenvalue weighted by atomic mass is 35.5. The first kappa shape index (κ1) is 18.0. The number of aryl methyl sites for hydroxylation is 1. The van der Waals surface area contributed by atoms with Gasteiger partial charge in [0.15, 0.2) is 0 Å². The second-order valence-corrected chi connectivity index (χ2v) is 7.87. The lowest BCUT2D eigenvalue weighted by atomic mass is 9.96. The first-order valence-corrected chi connectivity index (χ1v) is 9.70. The second-order valence-electron chi connectivity index (χ2n) is 7.47. The fourth-order valence-electron chi connectivity index (χ4n) is 3.69. The van der Waals surface area contributed by atoms with Gasteiger partial charge in [0.2, 0.25) is 0 Å². The summed E-state index contributed by atoms with van der Waals surface area (Å²) < 4.78 is 1.83. The van der Waals surface area contributed by atoms with Crippen LogP contribution >= 0.6 is 11.6 Å². The molecule has 2 aliphatic rings. The molecule has 4 rings (SSSR count). The molecule has 7 heteroatoms. The normalized spacial score (nSPS) is 17.9. The number of nitrogens with zero attached hydrogens (tertiary/aromatic N) is 3. The third-order valence-electron chi connectivity index (χ3n) is 5.53. The average molecular weight is 388 g/mol. The van der Waals surface area contributed by atoms with Gasteiger partial charge < -0.3 is 10.0 Å². The number of halogens is 1. The van der Waals surface area contributed by atoms with Crippen LogP contribution in [0.25, 0.3) is 5.69 Å². The molecule has 1 amide bonds. The minimum atomic E-state index is -0.773. The van der Waals surface area contributed by atoms with Gasteiger partial charge in [-0.25, -0.2) is 4.68 Å². The number of hydrogen-bond acceptors (Lipinski definition) is 3. The third-order valence-corrected chi connectivity index (χ3v) is 5.94. The fraction of sp³-hybridized carbons (Fsp3) is 0.450. The molecule has 1 aromatic carbocycles. The summed E-state index contributed by atoms with van der Waals surface area (Å²) in [6.07, 6.45) is 4.75. The van der Waals surface area contributed by atoms with Gasteiger partial charge in [-0.2, -0.15) is 5.10 Å². The Labute approximate surface area is 162 Å². The monoisotopic (exact) mass is 387 g/mol. The van der Waals surface area contributed by atoms with Crippen LogP contribution in [0.15, 0.2) is 24.4 Å². The highest BCUT2D eigenvalue weighted by molar-refractivity contribution is 6.31. The van der Waals surface area contributed by atoms with Crippen molar-refractivity contribution >= 4 is 23.5 Å². The molecule has 1 saturated carbocycles. The molecule has 1 aliphatic heterocycles. The first-order valence-electron chi connectivity index (χ1n) is 9.32. The molecule has 0 bridgehead atoms. The van der Waals surface area contributed by atoms with E-state index in [9.17, 15) is 9.59 Å². The summed E-state index contributed by atoms with van der Waals surface area (Å²) in [7, 11) is 0. The van der Waals surface area contributed by atoms with Crippen molar-refractivity contribution in [1.29, 1.82) is 0 Å².